The Balaban J connectivity index is 1.68. The maximum absolute atomic E-state index is 13.8. The topological polar surface area (TPSA) is 75.5 Å². The molecule has 0 saturated carbocycles. The normalized spacial score (nSPS) is 12.3. The maximum atomic E-state index is 13.8. The number of carbonyl (C=O) groups is 2. The van der Waals surface area contributed by atoms with Gasteiger partial charge in [-0.05, 0) is 18.1 Å². The van der Waals surface area contributed by atoms with Crippen LogP contribution in [-0.2, 0) is 11.3 Å². The zero-order valence-electron chi connectivity index (χ0n) is 14.7. The number of rotatable bonds is 6. The molecule has 0 radical (unpaired) electrons. The monoisotopic (exact) mass is 392 g/mol. The molecular formula is C18H18F2N4O2S. The molecule has 1 aromatic carbocycles. The Morgan fingerprint density at radius 1 is 1.26 bits per heavy atom. The van der Waals surface area contributed by atoms with E-state index in [1.165, 1.54) is 17.4 Å². The molecule has 27 heavy (non-hydrogen) atoms. The first-order chi connectivity index (χ1) is 12.9. The van der Waals surface area contributed by atoms with Crippen LogP contribution in [0.4, 0.5) is 8.78 Å². The lowest BCUT2D eigenvalue weighted by Gasteiger charge is -2.21. The van der Waals surface area contributed by atoms with Crippen molar-refractivity contribution in [2.75, 3.05) is 0 Å². The summed E-state index contributed by atoms with van der Waals surface area (Å²) in [5, 5.41) is 7.02. The molecular weight excluding hydrogens is 374 g/mol. The molecule has 0 bridgehead atoms. The molecule has 0 aliphatic carbocycles. The van der Waals surface area contributed by atoms with Crippen molar-refractivity contribution in [3.8, 4) is 0 Å². The van der Waals surface area contributed by atoms with Gasteiger partial charge in [-0.1, -0.05) is 19.9 Å². The van der Waals surface area contributed by atoms with Crippen LogP contribution < -0.4 is 10.6 Å². The van der Waals surface area contributed by atoms with Gasteiger partial charge in [0, 0.05) is 17.8 Å². The number of thiazole rings is 1. The smallest absolute Gasteiger partial charge is 0.257 e. The Bertz CT molecular complexity index is 934. The van der Waals surface area contributed by atoms with E-state index in [0.717, 1.165) is 17.1 Å². The summed E-state index contributed by atoms with van der Waals surface area (Å²) in [6.07, 6.45) is 3.65. The van der Waals surface area contributed by atoms with Crippen molar-refractivity contribution in [3.05, 3.63) is 58.9 Å². The van der Waals surface area contributed by atoms with E-state index < -0.39 is 35.1 Å². The van der Waals surface area contributed by atoms with Crippen molar-refractivity contribution in [3.63, 3.8) is 0 Å². The molecule has 9 heteroatoms. The zero-order chi connectivity index (χ0) is 19.6. The number of imidazole rings is 1. The predicted octanol–water partition coefficient (Wildman–Crippen LogP) is 2.74. The van der Waals surface area contributed by atoms with Crippen LogP contribution in [0.25, 0.3) is 4.96 Å². The first-order valence-corrected chi connectivity index (χ1v) is 9.18. The second kappa shape index (κ2) is 7.83. The van der Waals surface area contributed by atoms with Gasteiger partial charge in [-0.2, -0.15) is 0 Å². The second-order valence-corrected chi connectivity index (χ2v) is 7.21. The van der Waals surface area contributed by atoms with Gasteiger partial charge in [0.25, 0.3) is 5.91 Å². The largest absolute Gasteiger partial charge is 0.349 e. The van der Waals surface area contributed by atoms with Crippen LogP contribution in [0.1, 0.15) is 29.9 Å². The third-order valence-electron chi connectivity index (χ3n) is 4.01. The first kappa shape index (κ1) is 19.0. The summed E-state index contributed by atoms with van der Waals surface area (Å²) < 4.78 is 29.4. The molecule has 2 N–H and O–H groups in total. The van der Waals surface area contributed by atoms with Gasteiger partial charge in [0.1, 0.15) is 23.2 Å². The number of hydrogen-bond acceptors (Lipinski definition) is 4. The number of benzene rings is 1. The minimum absolute atomic E-state index is 0.181. The Kier molecular flexibility index (Phi) is 5.50. The van der Waals surface area contributed by atoms with Crippen molar-refractivity contribution in [1.29, 1.82) is 0 Å². The molecule has 3 rings (SSSR count). The molecule has 0 saturated heterocycles. The average molecular weight is 392 g/mol. The molecule has 0 spiro atoms. The average Bonchev–Trinajstić information content (AvgIpc) is 3.18. The number of hydrogen-bond donors (Lipinski definition) is 2. The molecule has 0 aliphatic heterocycles. The molecule has 0 fully saturated rings. The number of aromatic nitrogens is 2. The highest BCUT2D eigenvalue weighted by Crippen LogP contribution is 2.14. The van der Waals surface area contributed by atoms with E-state index in [0.29, 0.717) is 5.69 Å². The zero-order valence-corrected chi connectivity index (χ0v) is 15.5. The second-order valence-electron chi connectivity index (χ2n) is 6.33. The van der Waals surface area contributed by atoms with E-state index in [-0.39, 0.29) is 12.5 Å². The van der Waals surface area contributed by atoms with Gasteiger partial charge < -0.3 is 10.6 Å². The van der Waals surface area contributed by atoms with Gasteiger partial charge in [0.15, 0.2) is 4.96 Å². The molecule has 0 aliphatic rings. The van der Waals surface area contributed by atoms with Gasteiger partial charge in [-0.15, -0.1) is 11.3 Å². The van der Waals surface area contributed by atoms with Crippen LogP contribution in [-0.4, -0.2) is 27.2 Å². The molecule has 2 aromatic heterocycles. The lowest BCUT2D eigenvalue weighted by atomic mass is 10.0. The van der Waals surface area contributed by atoms with Crippen molar-refractivity contribution in [1.82, 2.24) is 20.0 Å². The maximum Gasteiger partial charge on any atom is 0.257 e. The fourth-order valence-corrected chi connectivity index (χ4v) is 3.33. The molecule has 2 heterocycles. The van der Waals surface area contributed by atoms with Gasteiger partial charge in [-0.3, -0.25) is 14.0 Å². The van der Waals surface area contributed by atoms with E-state index in [1.54, 1.807) is 20.0 Å². The number of nitrogens with one attached hydrogen (secondary N) is 2. The van der Waals surface area contributed by atoms with Gasteiger partial charge in [0.2, 0.25) is 5.91 Å². The summed E-state index contributed by atoms with van der Waals surface area (Å²) in [5.74, 6) is -3.66. The summed E-state index contributed by atoms with van der Waals surface area (Å²) in [4.78, 5) is 29.9. The van der Waals surface area contributed by atoms with Gasteiger partial charge >= 0.3 is 0 Å². The molecule has 1 unspecified atom stereocenters. The third-order valence-corrected chi connectivity index (χ3v) is 4.78. The van der Waals surface area contributed by atoms with E-state index in [1.807, 2.05) is 16.0 Å². The highest BCUT2D eigenvalue weighted by Gasteiger charge is 2.27. The van der Waals surface area contributed by atoms with E-state index in [4.69, 9.17) is 0 Å². The lowest BCUT2D eigenvalue weighted by Crippen LogP contribution is -2.49. The summed E-state index contributed by atoms with van der Waals surface area (Å²) in [5.41, 5.74) is -0.0329. The molecule has 2 amide bonds. The fourth-order valence-electron chi connectivity index (χ4n) is 2.61. The van der Waals surface area contributed by atoms with Crippen LogP contribution in [0.3, 0.4) is 0 Å². The quantitative estimate of drug-likeness (QED) is 0.677. The van der Waals surface area contributed by atoms with Gasteiger partial charge in [-0.25, -0.2) is 13.8 Å². The van der Waals surface area contributed by atoms with Crippen molar-refractivity contribution >= 4 is 28.1 Å². The Labute approximate surface area is 158 Å². The van der Waals surface area contributed by atoms with Crippen LogP contribution in [0, 0.1) is 17.6 Å². The van der Waals surface area contributed by atoms with Crippen molar-refractivity contribution < 1.29 is 18.4 Å². The Morgan fingerprint density at radius 3 is 2.59 bits per heavy atom. The summed E-state index contributed by atoms with van der Waals surface area (Å²) in [7, 11) is 0. The van der Waals surface area contributed by atoms with Crippen molar-refractivity contribution in [2.45, 2.75) is 26.4 Å². The number of amides is 2. The molecule has 3 aromatic rings. The van der Waals surface area contributed by atoms with Crippen LogP contribution in [0.2, 0.25) is 0 Å². The van der Waals surface area contributed by atoms with Crippen LogP contribution >= 0.6 is 11.3 Å². The standard InChI is InChI=1S/C18H18F2N4O2S/c1-10(2)15(23-16(25)14-12(19)4-3-5-13(14)20)17(26)21-8-11-9-24-6-7-27-18(24)22-11/h3-7,9-10,15H,8H2,1-2H3,(H,21,26)(H,23,25). The van der Waals surface area contributed by atoms with Crippen LogP contribution in [0.5, 0.6) is 0 Å². The van der Waals surface area contributed by atoms with Crippen LogP contribution in [0.15, 0.2) is 36.0 Å². The minimum Gasteiger partial charge on any atom is -0.349 e. The third kappa shape index (κ3) is 4.13. The molecule has 1 atom stereocenters. The summed E-state index contributed by atoms with van der Waals surface area (Å²) in [6, 6.07) is 2.21. The Hall–Kier alpha value is -2.81. The summed E-state index contributed by atoms with van der Waals surface area (Å²) >= 11 is 1.47. The van der Waals surface area contributed by atoms with E-state index in [2.05, 4.69) is 15.6 Å². The SMILES string of the molecule is CC(C)C(NC(=O)c1c(F)cccc1F)C(=O)NCc1cn2ccsc2n1. The first-order valence-electron chi connectivity index (χ1n) is 8.30. The van der Waals surface area contributed by atoms with E-state index >= 15 is 0 Å². The molecule has 142 valence electrons. The van der Waals surface area contributed by atoms with E-state index in [9.17, 15) is 18.4 Å². The fraction of sp³-hybridized carbons (Fsp3) is 0.278. The lowest BCUT2D eigenvalue weighted by molar-refractivity contribution is -0.124. The predicted molar refractivity (Wildman–Crippen MR) is 97.4 cm³/mol. The molecule has 6 nitrogen and oxygen atoms in total. The highest BCUT2D eigenvalue weighted by molar-refractivity contribution is 7.15. The minimum atomic E-state index is -0.978. The van der Waals surface area contributed by atoms with Crippen molar-refractivity contribution in [2.24, 2.45) is 5.92 Å². The Morgan fingerprint density at radius 2 is 1.96 bits per heavy atom. The number of nitrogens with zero attached hydrogens (tertiary/aromatic N) is 2. The van der Waals surface area contributed by atoms with Gasteiger partial charge in [0.05, 0.1) is 12.2 Å². The number of fused-ring (bicyclic) bond motifs is 1. The number of halogens is 2. The number of carbonyl (C=O) groups excluding carboxylic acids is 2. The summed E-state index contributed by atoms with van der Waals surface area (Å²) in [6.45, 7) is 3.64. The highest BCUT2D eigenvalue weighted by atomic mass is 32.1.